The van der Waals surface area contributed by atoms with Crippen LogP contribution in [0.25, 0.3) is 62.4 Å². The van der Waals surface area contributed by atoms with Crippen molar-refractivity contribution in [2.75, 3.05) is 0 Å². The first-order valence-corrected chi connectivity index (χ1v) is 11.4. The van der Waals surface area contributed by atoms with Crippen LogP contribution in [0.2, 0.25) is 0 Å². The van der Waals surface area contributed by atoms with Crippen molar-refractivity contribution >= 4 is 74.6 Å². The Bertz CT molecular complexity index is 1680. The molecule has 7 aromatic rings. The van der Waals surface area contributed by atoms with E-state index in [1.807, 2.05) is 28.9 Å². The molecule has 0 aliphatic rings. The number of aryl methyl sites for hydroxylation is 1. The Hall–Kier alpha value is -3.01. The molecule has 0 radical (unpaired) electrons. The quantitative estimate of drug-likeness (QED) is 0.250. The summed E-state index contributed by atoms with van der Waals surface area (Å²) >= 11 is 3.73. The van der Waals surface area contributed by atoms with Crippen LogP contribution in [0.3, 0.4) is 0 Å². The highest BCUT2D eigenvalue weighted by molar-refractivity contribution is 7.26. The van der Waals surface area contributed by atoms with Crippen LogP contribution in [0, 0.1) is 6.92 Å². The van der Waals surface area contributed by atoms with Gasteiger partial charge in [-0.15, -0.1) is 22.7 Å². The fraction of sp³-hybridized carbons (Fsp3) is 0.0385. The molecular formula is C26H15NS2. The van der Waals surface area contributed by atoms with Gasteiger partial charge in [-0.1, -0.05) is 36.4 Å². The summed E-state index contributed by atoms with van der Waals surface area (Å²) in [7, 11) is 0. The van der Waals surface area contributed by atoms with Gasteiger partial charge in [-0.3, -0.25) is 4.98 Å². The standard InChI is InChI=1S/C26H15NS2/c1-14-9-18-19-11-16(22-12-15-5-2-3-7-20(15)28-22)13-27-26(19)17-6-4-8-21-24(17)25(18)23(10-14)29-21/h2-13H,1H3. The smallest absolute Gasteiger partial charge is 0.0787 e. The van der Waals surface area contributed by atoms with E-state index in [-0.39, 0.29) is 0 Å². The maximum atomic E-state index is 5.00. The largest absolute Gasteiger partial charge is 0.255 e. The summed E-state index contributed by atoms with van der Waals surface area (Å²) in [6.45, 7) is 2.19. The number of benzene rings is 4. The van der Waals surface area contributed by atoms with Crippen molar-refractivity contribution in [2.45, 2.75) is 6.92 Å². The molecule has 0 bridgehead atoms. The molecule has 0 N–H and O–H groups in total. The van der Waals surface area contributed by atoms with E-state index in [4.69, 9.17) is 4.98 Å². The van der Waals surface area contributed by atoms with E-state index in [0.717, 1.165) is 5.52 Å². The second-order valence-electron chi connectivity index (χ2n) is 7.74. The number of rotatable bonds is 1. The third-order valence-corrected chi connectivity index (χ3v) is 8.15. The lowest BCUT2D eigenvalue weighted by molar-refractivity contribution is 1.43. The van der Waals surface area contributed by atoms with Crippen molar-refractivity contribution in [3.63, 3.8) is 0 Å². The van der Waals surface area contributed by atoms with Crippen LogP contribution in [0.1, 0.15) is 5.56 Å². The minimum atomic E-state index is 1.11. The van der Waals surface area contributed by atoms with E-state index in [1.54, 1.807) is 0 Å². The Balaban J connectivity index is 1.65. The molecule has 0 saturated heterocycles. The van der Waals surface area contributed by atoms with Gasteiger partial charge in [0.25, 0.3) is 0 Å². The van der Waals surface area contributed by atoms with Crippen molar-refractivity contribution in [3.05, 3.63) is 78.5 Å². The number of hydrogen-bond acceptors (Lipinski definition) is 3. The molecule has 0 atom stereocenters. The third kappa shape index (κ3) is 2.12. The highest BCUT2D eigenvalue weighted by Crippen LogP contribution is 2.45. The summed E-state index contributed by atoms with van der Waals surface area (Å²) in [6.07, 6.45) is 2.05. The van der Waals surface area contributed by atoms with Gasteiger partial charge in [-0.2, -0.15) is 0 Å². The molecule has 0 saturated carbocycles. The SMILES string of the molecule is Cc1cc2sc3cccc4c5ncc(-c6cc7ccccc7s6)cc5c(c1)c2c34. The molecule has 29 heavy (non-hydrogen) atoms. The monoisotopic (exact) mass is 405 g/mol. The second-order valence-corrected chi connectivity index (χ2v) is 9.90. The number of thiophene rings is 2. The zero-order valence-electron chi connectivity index (χ0n) is 15.7. The normalized spacial score (nSPS) is 12.3. The first-order valence-electron chi connectivity index (χ1n) is 9.72. The summed E-state index contributed by atoms with van der Waals surface area (Å²) in [4.78, 5) is 6.27. The molecule has 0 aliphatic heterocycles. The average Bonchev–Trinajstić information content (AvgIpc) is 3.33. The molecule has 7 rings (SSSR count). The zero-order valence-corrected chi connectivity index (χ0v) is 17.3. The molecule has 1 nitrogen and oxygen atoms in total. The average molecular weight is 406 g/mol. The molecule has 3 heterocycles. The van der Waals surface area contributed by atoms with Gasteiger partial charge in [-0.25, -0.2) is 0 Å². The van der Waals surface area contributed by atoms with Crippen molar-refractivity contribution < 1.29 is 0 Å². The van der Waals surface area contributed by atoms with Crippen LogP contribution < -0.4 is 0 Å². The number of aromatic nitrogens is 1. The number of nitrogens with zero attached hydrogens (tertiary/aromatic N) is 1. The van der Waals surface area contributed by atoms with Gasteiger partial charge < -0.3 is 0 Å². The van der Waals surface area contributed by atoms with Gasteiger partial charge in [0.2, 0.25) is 0 Å². The van der Waals surface area contributed by atoms with E-state index in [2.05, 4.69) is 73.7 Å². The van der Waals surface area contributed by atoms with Gasteiger partial charge >= 0.3 is 0 Å². The number of pyridine rings is 1. The molecule has 136 valence electrons. The van der Waals surface area contributed by atoms with Gasteiger partial charge in [0.15, 0.2) is 0 Å². The third-order valence-electron chi connectivity index (χ3n) is 5.89. The molecule has 0 spiro atoms. The topological polar surface area (TPSA) is 12.9 Å². The lowest BCUT2D eigenvalue weighted by Crippen LogP contribution is -1.87. The Morgan fingerprint density at radius 3 is 2.48 bits per heavy atom. The molecule has 0 unspecified atom stereocenters. The summed E-state index contributed by atoms with van der Waals surface area (Å²) in [6, 6.07) is 24.5. The summed E-state index contributed by atoms with van der Waals surface area (Å²) in [5.41, 5.74) is 3.62. The first kappa shape index (κ1) is 15.9. The van der Waals surface area contributed by atoms with E-state index in [9.17, 15) is 0 Å². The zero-order chi connectivity index (χ0) is 19.1. The highest BCUT2D eigenvalue weighted by Gasteiger charge is 2.17. The lowest BCUT2D eigenvalue weighted by Gasteiger charge is -2.10. The Kier molecular flexibility index (Phi) is 3.03. The Morgan fingerprint density at radius 1 is 0.690 bits per heavy atom. The number of hydrogen-bond donors (Lipinski definition) is 0. The van der Waals surface area contributed by atoms with Crippen molar-refractivity contribution in [1.29, 1.82) is 0 Å². The van der Waals surface area contributed by atoms with Gasteiger partial charge in [0.05, 0.1) is 5.52 Å². The molecule has 3 heteroatoms. The second kappa shape index (κ2) is 5.53. The maximum Gasteiger partial charge on any atom is 0.0787 e. The molecule has 0 fully saturated rings. The highest BCUT2D eigenvalue weighted by atomic mass is 32.1. The molecule has 0 amide bonds. The predicted molar refractivity (Wildman–Crippen MR) is 129 cm³/mol. The molecular weight excluding hydrogens is 390 g/mol. The first-order chi connectivity index (χ1) is 14.3. The van der Waals surface area contributed by atoms with Crippen LogP contribution in [0.5, 0.6) is 0 Å². The van der Waals surface area contributed by atoms with E-state index >= 15 is 0 Å². The van der Waals surface area contributed by atoms with Gasteiger partial charge in [0, 0.05) is 52.3 Å². The fourth-order valence-electron chi connectivity index (χ4n) is 4.64. The van der Waals surface area contributed by atoms with Gasteiger partial charge in [0.1, 0.15) is 0 Å². The fourth-order valence-corrected chi connectivity index (χ4v) is 6.94. The van der Waals surface area contributed by atoms with Crippen LogP contribution in [-0.4, -0.2) is 4.98 Å². The Morgan fingerprint density at radius 2 is 1.55 bits per heavy atom. The van der Waals surface area contributed by atoms with Crippen LogP contribution >= 0.6 is 22.7 Å². The van der Waals surface area contributed by atoms with Crippen molar-refractivity contribution in [1.82, 2.24) is 4.98 Å². The van der Waals surface area contributed by atoms with Gasteiger partial charge in [-0.05, 0) is 53.6 Å². The predicted octanol–water partition coefficient (Wildman–Crippen LogP) is 8.38. The summed E-state index contributed by atoms with van der Waals surface area (Å²) in [5, 5.41) is 7.92. The van der Waals surface area contributed by atoms with Crippen molar-refractivity contribution in [2.24, 2.45) is 0 Å². The van der Waals surface area contributed by atoms with E-state index < -0.39 is 0 Å². The van der Waals surface area contributed by atoms with Crippen LogP contribution in [-0.2, 0) is 0 Å². The minimum absolute atomic E-state index is 1.11. The van der Waals surface area contributed by atoms with Crippen LogP contribution in [0.15, 0.2) is 72.9 Å². The summed E-state index contributed by atoms with van der Waals surface area (Å²) in [5.74, 6) is 0. The number of fused-ring (bicyclic) bond motifs is 4. The minimum Gasteiger partial charge on any atom is -0.255 e. The van der Waals surface area contributed by atoms with Crippen molar-refractivity contribution in [3.8, 4) is 10.4 Å². The summed E-state index contributed by atoms with van der Waals surface area (Å²) < 4.78 is 4.05. The maximum absolute atomic E-state index is 5.00. The molecule has 3 aromatic heterocycles. The Labute approximate surface area is 175 Å². The molecule has 0 aliphatic carbocycles. The van der Waals surface area contributed by atoms with E-state index in [0.29, 0.717) is 0 Å². The lowest BCUT2D eigenvalue weighted by atomic mass is 9.95. The van der Waals surface area contributed by atoms with Crippen LogP contribution in [0.4, 0.5) is 0 Å². The van der Waals surface area contributed by atoms with E-state index in [1.165, 1.54) is 62.4 Å². The molecule has 4 aromatic carbocycles.